The summed E-state index contributed by atoms with van der Waals surface area (Å²) >= 11 is 1.28. The van der Waals surface area contributed by atoms with Gasteiger partial charge in [-0.3, -0.25) is 4.79 Å². The van der Waals surface area contributed by atoms with Gasteiger partial charge in [0.15, 0.2) is 5.16 Å². The van der Waals surface area contributed by atoms with Crippen LogP contribution in [-0.4, -0.2) is 51.4 Å². The van der Waals surface area contributed by atoms with E-state index in [0.717, 1.165) is 17.4 Å². The van der Waals surface area contributed by atoms with Gasteiger partial charge in [0, 0.05) is 29.9 Å². The van der Waals surface area contributed by atoms with E-state index in [1.165, 1.54) is 11.8 Å². The highest BCUT2D eigenvalue weighted by atomic mass is 32.2. The van der Waals surface area contributed by atoms with Crippen molar-refractivity contribution in [1.82, 2.24) is 14.5 Å². The van der Waals surface area contributed by atoms with Crippen LogP contribution in [0.5, 0.6) is 0 Å². The summed E-state index contributed by atoms with van der Waals surface area (Å²) in [5, 5.41) is 9.62. The number of imidazole rings is 1. The Labute approximate surface area is 125 Å². The smallest absolute Gasteiger partial charge is 0.313 e. The second-order valence-electron chi connectivity index (χ2n) is 6.28. The third-order valence-electron chi connectivity index (χ3n) is 3.24. The summed E-state index contributed by atoms with van der Waals surface area (Å²) in [5.74, 6) is -0.778. The van der Waals surface area contributed by atoms with Gasteiger partial charge < -0.3 is 14.6 Å². The molecule has 6 heteroatoms. The summed E-state index contributed by atoms with van der Waals surface area (Å²) in [6.07, 6.45) is 1.87. The van der Waals surface area contributed by atoms with Crippen molar-refractivity contribution in [2.75, 3.05) is 19.8 Å². The fourth-order valence-electron chi connectivity index (χ4n) is 1.80. The van der Waals surface area contributed by atoms with Crippen molar-refractivity contribution < 1.29 is 9.90 Å². The average Bonchev–Trinajstić information content (AvgIpc) is 2.68. The Balaban J connectivity index is 3.06. The summed E-state index contributed by atoms with van der Waals surface area (Å²) in [5.41, 5.74) is 1.13. The van der Waals surface area contributed by atoms with Crippen LogP contribution < -0.4 is 0 Å². The van der Waals surface area contributed by atoms with E-state index in [9.17, 15) is 4.79 Å². The molecule has 1 rings (SSSR count). The standard InChI is InChI=1S/C14H25N3O2S/c1-10(16(5)6)8-17-11(14(2,3)4)7-15-13(17)20-9-12(18)19/h7,10H,8-9H2,1-6H3,(H,18,19). The van der Waals surface area contributed by atoms with Gasteiger partial charge in [-0.05, 0) is 21.0 Å². The van der Waals surface area contributed by atoms with Gasteiger partial charge in [0.25, 0.3) is 0 Å². The first-order valence-electron chi connectivity index (χ1n) is 6.70. The summed E-state index contributed by atoms with van der Waals surface area (Å²) in [4.78, 5) is 17.3. The van der Waals surface area contributed by atoms with Gasteiger partial charge in [0.05, 0.1) is 5.75 Å². The summed E-state index contributed by atoms with van der Waals surface area (Å²) < 4.78 is 2.15. The summed E-state index contributed by atoms with van der Waals surface area (Å²) in [6, 6.07) is 0.356. The topological polar surface area (TPSA) is 58.4 Å². The van der Waals surface area contributed by atoms with Crippen LogP contribution in [0.2, 0.25) is 0 Å². The van der Waals surface area contributed by atoms with E-state index >= 15 is 0 Å². The van der Waals surface area contributed by atoms with Crippen molar-refractivity contribution >= 4 is 17.7 Å². The molecule has 1 atom stereocenters. The zero-order valence-corrected chi connectivity index (χ0v) is 14.0. The van der Waals surface area contributed by atoms with Gasteiger partial charge in [-0.25, -0.2) is 4.98 Å². The SMILES string of the molecule is CC(Cn1c(C(C)(C)C)cnc1SCC(=O)O)N(C)C. The highest BCUT2D eigenvalue weighted by molar-refractivity contribution is 7.99. The van der Waals surface area contributed by atoms with Crippen LogP contribution in [0.15, 0.2) is 11.4 Å². The highest BCUT2D eigenvalue weighted by Gasteiger charge is 2.23. The lowest BCUT2D eigenvalue weighted by Crippen LogP contribution is -2.31. The molecule has 0 bridgehead atoms. The van der Waals surface area contributed by atoms with E-state index in [1.54, 1.807) is 0 Å². The average molecular weight is 299 g/mol. The maximum Gasteiger partial charge on any atom is 0.313 e. The van der Waals surface area contributed by atoms with Crippen molar-refractivity contribution in [3.63, 3.8) is 0 Å². The summed E-state index contributed by atoms with van der Waals surface area (Å²) in [7, 11) is 4.09. The summed E-state index contributed by atoms with van der Waals surface area (Å²) in [6.45, 7) is 9.39. The van der Waals surface area contributed by atoms with Crippen LogP contribution in [-0.2, 0) is 16.8 Å². The number of thioether (sulfide) groups is 1. The number of nitrogens with zero attached hydrogens (tertiary/aromatic N) is 3. The largest absolute Gasteiger partial charge is 0.481 e. The maximum absolute atomic E-state index is 10.8. The lowest BCUT2D eigenvalue weighted by atomic mass is 9.92. The first kappa shape index (κ1) is 17.0. The van der Waals surface area contributed by atoms with Crippen molar-refractivity contribution in [3.05, 3.63) is 11.9 Å². The molecule has 1 aromatic rings. The fourth-order valence-corrected chi connectivity index (χ4v) is 2.51. The molecule has 0 aliphatic carbocycles. The molecular formula is C14H25N3O2S. The quantitative estimate of drug-likeness (QED) is 0.817. The predicted molar refractivity (Wildman–Crippen MR) is 82.4 cm³/mol. The minimum Gasteiger partial charge on any atom is -0.481 e. The molecule has 0 aliphatic heterocycles. The second kappa shape index (κ2) is 6.63. The third-order valence-corrected chi connectivity index (χ3v) is 4.22. The van der Waals surface area contributed by atoms with Gasteiger partial charge in [0.1, 0.15) is 0 Å². The first-order valence-corrected chi connectivity index (χ1v) is 7.68. The van der Waals surface area contributed by atoms with Crippen molar-refractivity contribution in [2.24, 2.45) is 0 Å². The predicted octanol–water partition coefficient (Wildman–Crippen LogP) is 2.31. The van der Waals surface area contributed by atoms with Crippen molar-refractivity contribution in [1.29, 1.82) is 0 Å². The number of carbonyl (C=O) groups is 1. The molecule has 1 unspecified atom stereocenters. The molecule has 0 amide bonds. The van der Waals surface area contributed by atoms with E-state index in [0.29, 0.717) is 6.04 Å². The zero-order valence-electron chi connectivity index (χ0n) is 13.2. The Morgan fingerprint density at radius 3 is 2.55 bits per heavy atom. The number of likely N-dealkylation sites (N-methyl/N-ethyl adjacent to an activating group) is 1. The maximum atomic E-state index is 10.8. The Bertz CT molecular complexity index is 463. The zero-order chi connectivity index (χ0) is 15.5. The van der Waals surface area contributed by atoms with Crippen LogP contribution in [0, 0.1) is 0 Å². The second-order valence-corrected chi connectivity index (χ2v) is 7.22. The number of carboxylic acids is 1. The molecule has 114 valence electrons. The highest BCUT2D eigenvalue weighted by Crippen LogP contribution is 2.28. The number of aliphatic carboxylic acids is 1. The van der Waals surface area contributed by atoms with E-state index in [2.05, 4.69) is 42.1 Å². The van der Waals surface area contributed by atoms with Crippen molar-refractivity contribution in [3.8, 4) is 0 Å². The molecule has 0 fully saturated rings. The van der Waals surface area contributed by atoms with Crippen molar-refractivity contribution in [2.45, 2.75) is 50.9 Å². The van der Waals surface area contributed by atoms with Gasteiger partial charge >= 0.3 is 5.97 Å². The lowest BCUT2D eigenvalue weighted by molar-refractivity contribution is -0.133. The van der Waals surface area contributed by atoms with Crippen LogP contribution in [0.4, 0.5) is 0 Å². The Morgan fingerprint density at radius 1 is 1.50 bits per heavy atom. The third kappa shape index (κ3) is 4.52. The molecular weight excluding hydrogens is 274 g/mol. The van der Waals surface area contributed by atoms with E-state index < -0.39 is 5.97 Å². The molecule has 0 aromatic carbocycles. The Hall–Kier alpha value is -1.01. The Kier molecular flexibility index (Phi) is 5.65. The molecule has 0 aliphatic rings. The molecule has 0 spiro atoms. The number of hydrogen-bond donors (Lipinski definition) is 1. The molecule has 1 N–H and O–H groups in total. The Morgan fingerprint density at radius 2 is 2.10 bits per heavy atom. The monoisotopic (exact) mass is 299 g/mol. The van der Waals surface area contributed by atoms with Crippen LogP contribution >= 0.6 is 11.8 Å². The number of rotatable bonds is 6. The van der Waals surface area contributed by atoms with Crippen LogP contribution in [0.1, 0.15) is 33.4 Å². The lowest BCUT2D eigenvalue weighted by Gasteiger charge is -2.26. The molecule has 1 aromatic heterocycles. The van der Waals surface area contributed by atoms with Crippen LogP contribution in [0.25, 0.3) is 0 Å². The van der Waals surface area contributed by atoms with Gasteiger partial charge in [-0.2, -0.15) is 0 Å². The number of carboxylic acid groups (broad SMARTS) is 1. The van der Waals surface area contributed by atoms with Crippen LogP contribution in [0.3, 0.4) is 0 Å². The first-order chi connectivity index (χ1) is 9.12. The molecule has 20 heavy (non-hydrogen) atoms. The number of hydrogen-bond acceptors (Lipinski definition) is 4. The molecule has 0 saturated carbocycles. The number of aromatic nitrogens is 2. The normalized spacial score (nSPS) is 13.8. The minimum absolute atomic E-state index is 0.0128. The molecule has 1 heterocycles. The fraction of sp³-hybridized carbons (Fsp3) is 0.714. The minimum atomic E-state index is -0.817. The van der Waals surface area contributed by atoms with E-state index in [-0.39, 0.29) is 11.2 Å². The molecule has 5 nitrogen and oxygen atoms in total. The molecule has 0 radical (unpaired) electrons. The van der Waals surface area contributed by atoms with Gasteiger partial charge in [0.2, 0.25) is 0 Å². The van der Waals surface area contributed by atoms with E-state index in [1.807, 2.05) is 20.3 Å². The van der Waals surface area contributed by atoms with Gasteiger partial charge in [-0.15, -0.1) is 0 Å². The van der Waals surface area contributed by atoms with Gasteiger partial charge in [-0.1, -0.05) is 32.5 Å². The molecule has 0 saturated heterocycles. The van der Waals surface area contributed by atoms with E-state index in [4.69, 9.17) is 5.11 Å².